The number of furan rings is 1. The monoisotopic (exact) mass is 403 g/mol. The van der Waals surface area contributed by atoms with E-state index in [1.165, 1.54) is 0 Å². The van der Waals surface area contributed by atoms with E-state index in [1.54, 1.807) is 18.6 Å². The molecule has 1 fully saturated rings. The van der Waals surface area contributed by atoms with Crippen molar-refractivity contribution in [2.24, 2.45) is 0 Å². The summed E-state index contributed by atoms with van der Waals surface area (Å²) in [5.74, 6) is 3.53. The minimum Gasteiger partial charge on any atom is -0.460 e. The molecule has 1 saturated heterocycles. The fourth-order valence-corrected chi connectivity index (χ4v) is 3.51. The Morgan fingerprint density at radius 3 is 2.23 bits per heavy atom. The number of hydrogen-bond donors (Lipinski definition) is 0. The van der Waals surface area contributed by atoms with E-state index in [0.717, 1.165) is 49.1 Å². The highest BCUT2D eigenvalue weighted by Gasteiger charge is 2.23. The van der Waals surface area contributed by atoms with Crippen LogP contribution in [-0.4, -0.2) is 51.3 Å². The van der Waals surface area contributed by atoms with Gasteiger partial charge in [0.05, 0.1) is 11.3 Å². The Hall–Kier alpha value is -3.75. The molecule has 0 atom stereocenters. The number of anilines is 2. The number of aromatic nitrogens is 5. The van der Waals surface area contributed by atoms with Crippen LogP contribution in [0.15, 0.2) is 51.8 Å². The number of hydrogen-bond acceptors (Lipinski definition) is 9. The minimum absolute atomic E-state index is 0.620. The van der Waals surface area contributed by atoms with Crippen LogP contribution in [0.1, 0.15) is 11.5 Å². The van der Waals surface area contributed by atoms with Crippen LogP contribution in [0.5, 0.6) is 0 Å². The van der Waals surface area contributed by atoms with Gasteiger partial charge in [0.15, 0.2) is 11.5 Å². The maximum absolute atomic E-state index is 5.86. The van der Waals surface area contributed by atoms with Crippen LogP contribution < -0.4 is 9.80 Å². The van der Waals surface area contributed by atoms with Crippen molar-refractivity contribution >= 4 is 11.9 Å². The smallest absolute Gasteiger partial charge is 0.226 e. The molecule has 5 rings (SSSR count). The number of nitrogens with zero attached hydrogens (tertiary/aromatic N) is 7. The average Bonchev–Trinajstić information content (AvgIpc) is 3.42. The van der Waals surface area contributed by atoms with E-state index in [4.69, 9.17) is 13.9 Å². The summed E-state index contributed by atoms with van der Waals surface area (Å²) in [6.07, 6.45) is 5.31. The van der Waals surface area contributed by atoms with Gasteiger partial charge in [0.2, 0.25) is 11.9 Å². The fourth-order valence-electron chi connectivity index (χ4n) is 3.51. The summed E-state index contributed by atoms with van der Waals surface area (Å²) in [5, 5.41) is 3.99. The van der Waals surface area contributed by atoms with Gasteiger partial charge >= 0.3 is 0 Å². The third-order valence-corrected chi connectivity index (χ3v) is 5.04. The van der Waals surface area contributed by atoms with Gasteiger partial charge in [0, 0.05) is 50.8 Å². The zero-order valence-corrected chi connectivity index (χ0v) is 16.8. The topological polar surface area (TPSA) is 97.2 Å². The standard InChI is InChI=1S/C21H21N7O2/c1-14-12-18(30-26-14)16-13-24-21(25-19(16)17-5-4-15(2)29-17)28-10-8-27(9-11-28)20-22-6-3-7-23-20/h3-7,12-13H,8-11H2,1-2H3. The van der Waals surface area contributed by atoms with Crippen LogP contribution in [0.4, 0.5) is 11.9 Å². The third-order valence-electron chi connectivity index (χ3n) is 5.04. The fraction of sp³-hybridized carbons (Fsp3) is 0.286. The highest BCUT2D eigenvalue weighted by Crippen LogP contribution is 2.33. The quantitative estimate of drug-likeness (QED) is 0.509. The summed E-state index contributed by atoms with van der Waals surface area (Å²) in [6.45, 7) is 6.94. The summed E-state index contributed by atoms with van der Waals surface area (Å²) >= 11 is 0. The molecule has 5 heterocycles. The predicted molar refractivity (Wildman–Crippen MR) is 111 cm³/mol. The first-order valence-electron chi connectivity index (χ1n) is 9.82. The Balaban J connectivity index is 1.44. The van der Waals surface area contributed by atoms with Crippen molar-refractivity contribution in [3.05, 3.63) is 54.3 Å². The van der Waals surface area contributed by atoms with E-state index < -0.39 is 0 Å². The second-order valence-electron chi connectivity index (χ2n) is 7.20. The Morgan fingerprint density at radius 2 is 1.60 bits per heavy atom. The number of aryl methyl sites for hydroxylation is 2. The van der Waals surface area contributed by atoms with E-state index in [2.05, 4.69) is 29.9 Å². The van der Waals surface area contributed by atoms with Crippen molar-refractivity contribution < 1.29 is 8.94 Å². The van der Waals surface area contributed by atoms with Crippen LogP contribution in [0.2, 0.25) is 0 Å². The van der Waals surface area contributed by atoms with Crippen LogP contribution >= 0.6 is 0 Å². The Bertz CT molecular complexity index is 1150. The summed E-state index contributed by atoms with van der Waals surface area (Å²) in [6, 6.07) is 7.53. The molecule has 0 aliphatic carbocycles. The van der Waals surface area contributed by atoms with Crippen LogP contribution in [0.25, 0.3) is 22.8 Å². The molecular formula is C21H21N7O2. The van der Waals surface area contributed by atoms with Gasteiger partial charge in [0.1, 0.15) is 11.5 Å². The highest BCUT2D eigenvalue weighted by atomic mass is 16.5. The van der Waals surface area contributed by atoms with Gasteiger partial charge in [0.25, 0.3) is 0 Å². The molecule has 0 aromatic carbocycles. The number of rotatable bonds is 4. The highest BCUT2D eigenvalue weighted by molar-refractivity contribution is 5.76. The molecule has 30 heavy (non-hydrogen) atoms. The molecule has 4 aromatic rings. The van der Waals surface area contributed by atoms with Gasteiger partial charge in [-0.05, 0) is 32.0 Å². The number of piperazine rings is 1. The third kappa shape index (κ3) is 3.49. The van der Waals surface area contributed by atoms with Gasteiger partial charge in [-0.3, -0.25) is 0 Å². The molecule has 1 aliphatic rings. The minimum atomic E-state index is 0.620. The summed E-state index contributed by atoms with van der Waals surface area (Å²) in [4.78, 5) is 22.5. The van der Waals surface area contributed by atoms with Crippen molar-refractivity contribution in [2.45, 2.75) is 13.8 Å². The van der Waals surface area contributed by atoms with E-state index >= 15 is 0 Å². The lowest BCUT2D eigenvalue weighted by molar-refractivity contribution is 0.426. The largest absolute Gasteiger partial charge is 0.460 e. The first-order valence-corrected chi connectivity index (χ1v) is 9.82. The van der Waals surface area contributed by atoms with Gasteiger partial charge < -0.3 is 18.7 Å². The van der Waals surface area contributed by atoms with Crippen molar-refractivity contribution in [3.63, 3.8) is 0 Å². The Morgan fingerprint density at radius 1 is 0.867 bits per heavy atom. The Kier molecular flexibility index (Phi) is 4.62. The summed E-state index contributed by atoms with van der Waals surface area (Å²) < 4.78 is 11.3. The van der Waals surface area contributed by atoms with E-state index in [0.29, 0.717) is 23.2 Å². The zero-order valence-electron chi connectivity index (χ0n) is 16.8. The van der Waals surface area contributed by atoms with E-state index in [1.807, 2.05) is 38.1 Å². The van der Waals surface area contributed by atoms with E-state index in [9.17, 15) is 0 Å². The predicted octanol–water partition coefficient (Wildman–Crippen LogP) is 3.13. The van der Waals surface area contributed by atoms with Crippen molar-refractivity contribution in [1.82, 2.24) is 25.1 Å². The molecule has 0 spiro atoms. The molecule has 0 bridgehead atoms. The maximum Gasteiger partial charge on any atom is 0.226 e. The molecular weight excluding hydrogens is 382 g/mol. The molecule has 4 aromatic heterocycles. The van der Waals surface area contributed by atoms with Gasteiger partial charge in [-0.1, -0.05) is 5.16 Å². The molecule has 0 radical (unpaired) electrons. The maximum atomic E-state index is 5.86. The molecule has 9 heteroatoms. The molecule has 0 amide bonds. The van der Waals surface area contributed by atoms with Crippen molar-refractivity contribution in [1.29, 1.82) is 0 Å². The first kappa shape index (κ1) is 18.3. The van der Waals surface area contributed by atoms with Gasteiger partial charge in [-0.25, -0.2) is 19.9 Å². The second kappa shape index (κ2) is 7.58. The lowest BCUT2D eigenvalue weighted by atomic mass is 10.1. The first-order chi connectivity index (χ1) is 14.7. The molecule has 152 valence electrons. The Labute approximate surface area is 173 Å². The molecule has 9 nitrogen and oxygen atoms in total. The average molecular weight is 403 g/mol. The second-order valence-corrected chi connectivity index (χ2v) is 7.20. The van der Waals surface area contributed by atoms with Crippen LogP contribution in [0.3, 0.4) is 0 Å². The lowest BCUT2D eigenvalue weighted by Crippen LogP contribution is -2.47. The molecule has 0 saturated carbocycles. The SMILES string of the molecule is Cc1cc(-c2cnc(N3CCN(c4ncccn4)CC3)nc2-c2ccc(C)o2)on1. The van der Waals surface area contributed by atoms with Crippen LogP contribution in [-0.2, 0) is 0 Å². The normalized spacial score (nSPS) is 14.3. The van der Waals surface area contributed by atoms with Crippen molar-refractivity contribution in [2.75, 3.05) is 36.0 Å². The lowest BCUT2D eigenvalue weighted by Gasteiger charge is -2.34. The molecule has 1 aliphatic heterocycles. The van der Waals surface area contributed by atoms with Crippen LogP contribution in [0, 0.1) is 13.8 Å². The summed E-state index contributed by atoms with van der Waals surface area (Å²) in [5.41, 5.74) is 2.25. The molecule has 0 unspecified atom stereocenters. The van der Waals surface area contributed by atoms with Gasteiger partial charge in [-0.15, -0.1) is 0 Å². The molecule has 0 N–H and O–H groups in total. The summed E-state index contributed by atoms with van der Waals surface area (Å²) in [7, 11) is 0. The van der Waals surface area contributed by atoms with E-state index in [-0.39, 0.29) is 0 Å². The van der Waals surface area contributed by atoms with Gasteiger partial charge in [-0.2, -0.15) is 0 Å². The zero-order chi connectivity index (χ0) is 20.5. The van der Waals surface area contributed by atoms with Crippen molar-refractivity contribution in [3.8, 4) is 22.8 Å².